The number of hydrogen-bond acceptors (Lipinski definition) is 6. The van der Waals surface area contributed by atoms with Crippen molar-refractivity contribution < 1.29 is 29.4 Å². The number of amides is 3. The minimum absolute atomic E-state index is 0.102. The second-order valence-corrected chi connectivity index (χ2v) is 7.45. The van der Waals surface area contributed by atoms with Gasteiger partial charge in [0.25, 0.3) is 11.1 Å². The van der Waals surface area contributed by atoms with E-state index in [0.717, 1.165) is 34.4 Å². The summed E-state index contributed by atoms with van der Waals surface area (Å²) >= 11 is 0.806. The zero-order chi connectivity index (χ0) is 22.4. The lowest BCUT2D eigenvalue weighted by Crippen LogP contribution is -2.31. The molecule has 0 atom stereocenters. The van der Waals surface area contributed by atoms with Crippen LogP contribution in [0, 0.1) is 0 Å². The van der Waals surface area contributed by atoms with Gasteiger partial charge in [-0.1, -0.05) is 42.5 Å². The van der Waals surface area contributed by atoms with Crippen molar-refractivity contribution in [1.82, 2.24) is 4.90 Å². The molecule has 0 aliphatic carbocycles. The molecule has 1 fully saturated rings. The summed E-state index contributed by atoms with van der Waals surface area (Å²) in [6.45, 7) is -0.102. The second-order valence-electron chi connectivity index (χ2n) is 6.46. The molecule has 0 spiro atoms. The quantitative estimate of drug-likeness (QED) is 0.563. The molecular weight excluding hydrogens is 420 g/mol. The summed E-state index contributed by atoms with van der Waals surface area (Å²) in [7, 11) is 0. The summed E-state index contributed by atoms with van der Waals surface area (Å²) in [5, 5.41) is 20.6. The number of rotatable bonds is 7. The number of thioether (sulfide) groups is 1. The maximum atomic E-state index is 12.4. The number of benzene rings is 2. The van der Waals surface area contributed by atoms with Crippen LogP contribution in [-0.2, 0) is 9.59 Å². The van der Waals surface area contributed by atoms with Crippen molar-refractivity contribution >= 4 is 46.5 Å². The molecule has 3 rings (SSSR count). The van der Waals surface area contributed by atoms with Crippen LogP contribution in [0.5, 0.6) is 5.75 Å². The van der Waals surface area contributed by atoms with Gasteiger partial charge in [0, 0.05) is 24.7 Å². The lowest BCUT2D eigenvalue weighted by molar-refractivity contribution is -0.123. The number of carbonyl (C=O) groups excluding carboxylic acids is 3. The predicted molar refractivity (Wildman–Crippen MR) is 117 cm³/mol. The molecule has 1 aliphatic rings. The third-order valence-corrected chi connectivity index (χ3v) is 5.21. The van der Waals surface area contributed by atoms with Crippen LogP contribution in [0.4, 0.5) is 10.5 Å². The van der Waals surface area contributed by atoms with Crippen LogP contribution >= 0.6 is 11.8 Å². The third-order valence-electron chi connectivity index (χ3n) is 4.28. The largest absolute Gasteiger partial charge is 0.507 e. The molecule has 1 heterocycles. The fourth-order valence-electron chi connectivity index (χ4n) is 2.74. The van der Waals surface area contributed by atoms with Crippen molar-refractivity contribution in [2.24, 2.45) is 0 Å². The Balaban J connectivity index is 1.56. The first kappa shape index (κ1) is 21.8. The van der Waals surface area contributed by atoms with Gasteiger partial charge in [-0.2, -0.15) is 0 Å². The van der Waals surface area contributed by atoms with Gasteiger partial charge in [0.15, 0.2) is 0 Å². The van der Waals surface area contributed by atoms with Gasteiger partial charge in [0.2, 0.25) is 5.91 Å². The van der Waals surface area contributed by atoms with Crippen LogP contribution in [0.1, 0.15) is 22.3 Å². The SMILES string of the molecule is O=C(CCN1C(=O)S/C(=C\C=C\c2ccccc2)C1=O)Nc1ccc(C(=O)O)c(O)c1. The molecule has 0 radical (unpaired) electrons. The van der Waals surface area contributed by atoms with Crippen LogP contribution < -0.4 is 5.32 Å². The Morgan fingerprint density at radius 3 is 2.52 bits per heavy atom. The standard InChI is InChI=1S/C22H18N2O6S/c25-17-13-15(9-10-16(17)21(28)29)23-19(26)11-12-24-20(27)18(31-22(24)30)8-4-7-14-5-2-1-3-6-14/h1-10,13,25H,11-12H2,(H,23,26)(H,28,29)/b7-4+,18-8-. The molecule has 2 aromatic rings. The number of carboxylic acids is 1. The molecule has 0 unspecified atom stereocenters. The Morgan fingerprint density at radius 1 is 1.10 bits per heavy atom. The molecule has 9 heteroatoms. The predicted octanol–water partition coefficient (Wildman–Crippen LogP) is 3.71. The molecule has 1 saturated heterocycles. The highest BCUT2D eigenvalue weighted by Crippen LogP contribution is 2.30. The van der Waals surface area contributed by atoms with E-state index < -0.39 is 28.8 Å². The highest BCUT2D eigenvalue weighted by Gasteiger charge is 2.34. The Labute approximate surface area is 181 Å². The number of allylic oxidation sites excluding steroid dienone is 2. The summed E-state index contributed by atoms with van der Waals surface area (Å²) in [5.74, 6) is -2.73. The summed E-state index contributed by atoms with van der Waals surface area (Å²) in [6, 6.07) is 13.1. The number of phenols is 1. The molecule has 8 nitrogen and oxygen atoms in total. The van der Waals surface area contributed by atoms with E-state index in [1.54, 1.807) is 12.2 Å². The Kier molecular flexibility index (Phi) is 6.88. The fraction of sp³-hybridized carbons (Fsp3) is 0.0909. The van der Waals surface area contributed by atoms with E-state index in [2.05, 4.69) is 5.32 Å². The molecule has 2 aromatic carbocycles. The van der Waals surface area contributed by atoms with Crippen LogP contribution in [0.25, 0.3) is 6.08 Å². The number of hydrogen-bond donors (Lipinski definition) is 3. The normalized spacial score (nSPS) is 15.1. The first-order valence-electron chi connectivity index (χ1n) is 9.18. The van der Waals surface area contributed by atoms with Gasteiger partial charge in [-0.15, -0.1) is 0 Å². The third kappa shape index (κ3) is 5.61. The number of nitrogens with zero attached hydrogens (tertiary/aromatic N) is 1. The van der Waals surface area contributed by atoms with Crippen molar-refractivity contribution in [2.45, 2.75) is 6.42 Å². The highest BCUT2D eigenvalue weighted by atomic mass is 32.2. The van der Waals surface area contributed by atoms with E-state index in [1.165, 1.54) is 6.07 Å². The molecule has 0 aromatic heterocycles. The van der Waals surface area contributed by atoms with E-state index in [4.69, 9.17) is 5.11 Å². The van der Waals surface area contributed by atoms with Gasteiger partial charge in [-0.05, 0) is 35.5 Å². The molecule has 31 heavy (non-hydrogen) atoms. The van der Waals surface area contributed by atoms with E-state index in [0.29, 0.717) is 0 Å². The number of carboxylic acid groups (broad SMARTS) is 1. The highest BCUT2D eigenvalue weighted by molar-refractivity contribution is 8.18. The van der Waals surface area contributed by atoms with Crippen molar-refractivity contribution in [1.29, 1.82) is 0 Å². The number of aromatic hydroxyl groups is 1. The Bertz CT molecular complexity index is 1090. The Morgan fingerprint density at radius 2 is 1.84 bits per heavy atom. The van der Waals surface area contributed by atoms with Gasteiger partial charge in [0.05, 0.1) is 4.91 Å². The summed E-state index contributed by atoms with van der Waals surface area (Å²) in [4.78, 5) is 48.9. The maximum absolute atomic E-state index is 12.4. The van der Waals surface area contributed by atoms with E-state index >= 15 is 0 Å². The zero-order valence-corrected chi connectivity index (χ0v) is 17.0. The first-order valence-corrected chi connectivity index (χ1v) is 10.00. The number of nitrogens with one attached hydrogen (secondary N) is 1. The molecule has 1 aliphatic heterocycles. The minimum atomic E-state index is -1.29. The van der Waals surface area contributed by atoms with Crippen molar-refractivity contribution in [3.63, 3.8) is 0 Å². The minimum Gasteiger partial charge on any atom is -0.507 e. The van der Waals surface area contributed by atoms with Gasteiger partial charge in [-0.25, -0.2) is 4.79 Å². The molecule has 0 saturated carbocycles. The average Bonchev–Trinajstić information content (AvgIpc) is 3.00. The molecule has 3 N–H and O–H groups in total. The van der Waals surface area contributed by atoms with Crippen LogP contribution in [-0.4, -0.2) is 44.7 Å². The first-order chi connectivity index (χ1) is 14.8. The van der Waals surface area contributed by atoms with E-state index in [9.17, 15) is 24.3 Å². The van der Waals surface area contributed by atoms with Crippen molar-refractivity contribution in [3.8, 4) is 5.75 Å². The monoisotopic (exact) mass is 438 g/mol. The number of anilines is 1. The molecular formula is C22H18N2O6S. The number of imide groups is 1. The van der Waals surface area contributed by atoms with E-state index in [1.807, 2.05) is 36.4 Å². The van der Waals surface area contributed by atoms with Crippen molar-refractivity contribution in [2.75, 3.05) is 11.9 Å². The molecule has 158 valence electrons. The van der Waals surface area contributed by atoms with Gasteiger partial charge >= 0.3 is 5.97 Å². The topological polar surface area (TPSA) is 124 Å². The fourth-order valence-corrected chi connectivity index (χ4v) is 3.56. The Hall–Kier alpha value is -3.85. The van der Waals surface area contributed by atoms with Crippen LogP contribution in [0.15, 0.2) is 65.6 Å². The van der Waals surface area contributed by atoms with Gasteiger partial charge in [0.1, 0.15) is 11.3 Å². The summed E-state index contributed by atoms with van der Waals surface area (Å²) < 4.78 is 0. The molecule has 3 amide bonds. The second kappa shape index (κ2) is 9.77. The molecule has 0 bridgehead atoms. The van der Waals surface area contributed by atoms with E-state index in [-0.39, 0.29) is 29.1 Å². The smallest absolute Gasteiger partial charge is 0.339 e. The number of carbonyl (C=O) groups is 4. The van der Waals surface area contributed by atoms with Gasteiger partial charge < -0.3 is 15.5 Å². The zero-order valence-electron chi connectivity index (χ0n) is 16.1. The lowest BCUT2D eigenvalue weighted by atomic mass is 10.2. The van der Waals surface area contributed by atoms with Crippen LogP contribution in [0.2, 0.25) is 0 Å². The summed E-state index contributed by atoms with van der Waals surface area (Å²) in [6.07, 6.45) is 4.91. The average molecular weight is 438 g/mol. The lowest BCUT2D eigenvalue weighted by Gasteiger charge is -2.12. The van der Waals surface area contributed by atoms with Crippen molar-refractivity contribution in [3.05, 3.63) is 76.7 Å². The number of aromatic carboxylic acids is 1. The maximum Gasteiger partial charge on any atom is 0.339 e. The summed E-state index contributed by atoms with van der Waals surface area (Å²) in [5.41, 5.74) is 0.869. The van der Waals surface area contributed by atoms with Gasteiger partial charge in [-0.3, -0.25) is 19.3 Å². The van der Waals surface area contributed by atoms with Crippen LogP contribution in [0.3, 0.4) is 0 Å².